The first-order valence-corrected chi connectivity index (χ1v) is 13.7. The van der Waals surface area contributed by atoms with Gasteiger partial charge in [-0.15, -0.1) is 0 Å². The number of benzene rings is 1. The molecule has 2 heterocycles. The van der Waals surface area contributed by atoms with Crippen LogP contribution in [0.3, 0.4) is 0 Å². The van der Waals surface area contributed by atoms with Crippen molar-refractivity contribution in [1.82, 2.24) is 8.61 Å². The Hall–Kier alpha value is -1.16. The summed E-state index contributed by atoms with van der Waals surface area (Å²) in [7, 11) is -6.91. The molecule has 0 unspecified atom stereocenters. The summed E-state index contributed by atoms with van der Waals surface area (Å²) in [6.07, 6.45) is 6.88. The van der Waals surface area contributed by atoms with Gasteiger partial charge in [0.15, 0.2) is 0 Å². The lowest BCUT2D eigenvalue weighted by molar-refractivity contribution is 0.0543. The molecular formula is C20H30N2O5S2. The van der Waals surface area contributed by atoms with Crippen molar-refractivity contribution >= 4 is 20.0 Å². The predicted molar refractivity (Wildman–Crippen MR) is 111 cm³/mol. The third kappa shape index (κ3) is 4.33. The summed E-state index contributed by atoms with van der Waals surface area (Å²) in [6, 6.07) is 6.85. The number of rotatable bonds is 3. The molecule has 3 aliphatic rings. The number of hydrogen-bond acceptors (Lipinski definition) is 5. The fourth-order valence-corrected chi connectivity index (χ4v) is 7.50. The van der Waals surface area contributed by atoms with Crippen LogP contribution in [-0.2, 0) is 20.0 Å². The standard InChI is InChI=1S/C20H30N2O5S2/c1-28(23,24)21-12-10-20(11-13-21)15-22(14-17-6-2-3-7-17)29(25,26)19-9-5-4-8-18(19)27-16-20/h4-5,8-9,17H,2-3,6-7,10-16H2,1H3. The highest BCUT2D eigenvalue weighted by atomic mass is 32.2. The maximum Gasteiger partial charge on any atom is 0.246 e. The Balaban J connectivity index is 1.66. The van der Waals surface area contributed by atoms with Gasteiger partial charge in [-0.05, 0) is 43.7 Å². The molecule has 2 fully saturated rings. The van der Waals surface area contributed by atoms with Crippen LogP contribution in [-0.4, -0.2) is 64.5 Å². The summed E-state index contributed by atoms with van der Waals surface area (Å²) in [4.78, 5) is 0.237. The van der Waals surface area contributed by atoms with Crippen LogP contribution in [0.5, 0.6) is 5.75 Å². The second kappa shape index (κ2) is 7.83. The van der Waals surface area contributed by atoms with E-state index in [4.69, 9.17) is 4.74 Å². The average molecular weight is 443 g/mol. The zero-order valence-electron chi connectivity index (χ0n) is 16.9. The quantitative estimate of drug-likeness (QED) is 0.717. The van der Waals surface area contributed by atoms with Crippen LogP contribution in [0.1, 0.15) is 38.5 Å². The van der Waals surface area contributed by atoms with E-state index in [0.717, 1.165) is 25.7 Å². The lowest BCUT2D eigenvalue weighted by atomic mass is 9.79. The van der Waals surface area contributed by atoms with Crippen molar-refractivity contribution in [3.05, 3.63) is 24.3 Å². The van der Waals surface area contributed by atoms with Gasteiger partial charge in [0, 0.05) is 31.6 Å². The molecular weight excluding hydrogens is 412 g/mol. The minimum Gasteiger partial charge on any atom is -0.492 e. The van der Waals surface area contributed by atoms with Crippen LogP contribution in [0.4, 0.5) is 0 Å². The van der Waals surface area contributed by atoms with Crippen molar-refractivity contribution in [2.45, 2.75) is 43.4 Å². The molecule has 9 heteroatoms. The predicted octanol–water partition coefficient (Wildman–Crippen LogP) is 2.30. The van der Waals surface area contributed by atoms with Gasteiger partial charge in [-0.25, -0.2) is 21.1 Å². The third-order valence-electron chi connectivity index (χ3n) is 6.70. The van der Waals surface area contributed by atoms with Crippen LogP contribution in [0.2, 0.25) is 0 Å². The van der Waals surface area contributed by atoms with Gasteiger partial charge < -0.3 is 4.74 Å². The molecule has 1 aliphatic carbocycles. The summed E-state index contributed by atoms with van der Waals surface area (Å²) in [6.45, 7) is 2.13. The molecule has 162 valence electrons. The smallest absolute Gasteiger partial charge is 0.246 e. The van der Waals surface area contributed by atoms with Gasteiger partial charge in [0.25, 0.3) is 0 Å². The van der Waals surface area contributed by atoms with Crippen LogP contribution < -0.4 is 4.74 Å². The molecule has 2 aliphatic heterocycles. The van der Waals surface area contributed by atoms with E-state index in [1.165, 1.54) is 10.6 Å². The largest absolute Gasteiger partial charge is 0.492 e. The topological polar surface area (TPSA) is 84.0 Å². The van der Waals surface area contributed by atoms with Gasteiger partial charge in [-0.2, -0.15) is 4.31 Å². The summed E-state index contributed by atoms with van der Waals surface area (Å²) in [5.74, 6) is 0.791. The van der Waals surface area contributed by atoms with E-state index >= 15 is 0 Å². The third-order valence-corrected chi connectivity index (χ3v) is 9.86. The van der Waals surface area contributed by atoms with E-state index in [9.17, 15) is 16.8 Å². The van der Waals surface area contributed by atoms with Crippen LogP contribution in [0.25, 0.3) is 0 Å². The van der Waals surface area contributed by atoms with Crippen molar-refractivity contribution in [2.24, 2.45) is 11.3 Å². The number of sulfonamides is 2. The van der Waals surface area contributed by atoms with Crippen LogP contribution in [0.15, 0.2) is 29.2 Å². The fraction of sp³-hybridized carbons (Fsp3) is 0.700. The maximum atomic E-state index is 13.6. The normalized spacial score (nSPS) is 25.8. The zero-order chi connectivity index (χ0) is 20.7. The van der Waals surface area contributed by atoms with Gasteiger partial charge in [0.05, 0.1) is 12.9 Å². The first kappa shape index (κ1) is 21.1. The molecule has 7 nitrogen and oxygen atoms in total. The van der Waals surface area contributed by atoms with Crippen molar-refractivity contribution in [1.29, 1.82) is 0 Å². The second-order valence-electron chi connectivity index (χ2n) is 8.85. The van der Waals surface area contributed by atoms with E-state index < -0.39 is 20.0 Å². The van der Waals surface area contributed by atoms with Crippen LogP contribution >= 0.6 is 0 Å². The molecule has 1 spiro atoms. The minimum absolute atomic E-state index is 0.237. The van der Waals surface area contributed by atoms with Gasteiger partial charge in [0.1, 0.15) is 10.6 Å². The number of hydrogen-bond donors (Lipinski definition) is 0. The highest BCUT2D eigenvalue weighted by molar-refractivity contribution is 7.89. The van der Waals surface area contributed by atoms with Crippen molar-refractivity contribution in [3.63, 3.8) is 0 Å². The molecule has 1 saturated heterocycles. The Labute approximate surface area is 174 Å². The molecule has 1 aromatic carbocycles. The molecule has 1 saturated carbocycles. The lowest BCUT2D eigenvalue weighted by Crippen LogP contribution is -2.52. The molecule has 29 heavy (non-hydrogen) atoms. The minimum atomic E-state index is -3.67. The van der Waals surface area contributed by atoms with E-state index in [1.807, 2.05) is 0 Å². The van der Waals surface area contributed by atoms with Gasteiger partial charge in [-0.3, -0.25) is 0 Å². The van der Waals surface area contributed by atoms with Gasteiger partial charge in [-0.1, -0.05) is 25.0 Å². The molecule has 0 atom stereocenters. The summed E-state index contributed by atoms with van der Waals surface area (Å²) in [5.41, 5.74) is -0.375. The number of para-hydroxylation sites is 1. The Bertz CT molecular complexity index is 947. The average Bonchev–Trinajstić information content (AvgIpc) is 3.18. The fourth-order valence-electron chi connectivity index (χ4n) is 4.90. The second-order valence-corrected chi connectivity index (χ2v) is 12.7. The highest BCUT2D eigenvalue weighted by Crippen LogP contribution is 2.40. The first-order valence-electron chi connectivity index (χ1n) is 10.4. The maximum absolute atomic E-state index is 13.6. The van der Waals surface area contributed by atoms with Crippen LogP contribution in [0, 0.1) is 11.3 Å². The molecule has 0 aromatic heterocycles. The first-order chi connectivity index (χ1) is 13.7. The van der Waals surface area contributed by atoms with Crippen molar-refractivity contribution in [2.75, 3.05) is 39.0 Å². The lowest BCUT2D eigenvalue weighted by Gasteiger charge is -2.44. The Kier molecular flexibility index (Phi) is 5.69. The Morgan fingerprint density at radius 1 is 1.14 bits per heavy atom. The number of fused-ring (bicyclic) bond motifs is 1. The monoisotopic (exact) mass is 442 g/mol. The van der Waals surface area contributed by atoms with E-state index in [2.05, 4.69) is 0 Å². The summed E-state index contributed by atoms with van der Waals surface area (Å²) < 4.78 is 60.1. The van der Waals surface area contributed by atoms with E-state index in [1.54, 1.807) is 28.6 Å². The zero-order valence-corrected chi connectivity index (χ0v) is 18.6. The molecule has 1 aromatic rings. The molecule has 0 N–H and O–H groups in total. The molecule has 0 radical (unpaired) electrons. The number of ether oxygens (including phenoxy) is 1. The molecule has 0 bridgehead atoms. The highest BCUT2D eigenvalue weighted by Gasteiger charge is 2.44. The number of piperidine rings is 1. The Morgan fingerprint density at radius 2 is 1.79 bits per heavy atom. The van der Waals surface area contributed by atoms with Crippen molar-refractivity contribution in [3.8, 4) is 5.75 Å². The van der Waals surface area contributed by atoms with Crippen molar-refractivity contribution < 1.29 is 21.6 Å². The Morgan fingerprint density at radius 3 is 2.45 bits per heavy atom. The number of nitrogens with zero attached hydrogens (tertiary/aromatic N) is 2. The van der Waals surface area contributed by atoms with Gasteiger partial charge >= 0.3 is 0 Å². The molecule has 4 rings (SSSR count). The summed E-state index contributed by atoms with van der Waals surface area (Å²) in [5, 5.41) is 0. The van der Waals surface area contributed by atoms with E-state index in [0.29, 0.717) is 57.3 Å². The molecule has 0 amide bonds. The van der Waals surface area contributed by atoms with Gasteiger partial charge in [0.2, 0.25) is 20.0 Å². The summed E-state index contributed by atoms with van der Waals surface area (Å²) >= 11 is 0. The van der Waals surface area contributed by atoms with E-state index in [-0.39, 0.29) is 10.3 Å². The SMILES string of the molecule is CS(=O)(=O)N1CCC2(CC1)COc1ccccc1S(=O)(=O)N(CC1CCCC1)C2.